The molecular weight excluding hydrogens is 207 g/mol. The van der Waals surface area contributed by atoms with Gasteiger partial charge in [-0.25, -0.2) is 0 Å². The molecule has 2 heterocycles. The van der Waals surface area contributed by atoms with Crippen molar-refractivity contribution < 1.29 is 0 Å². The van der Waals surface area contributed by atoms with Gasteiger partial charge >= 0.3 is 0 Å². The Bertz CT molecular complexity index is 157. The van der Waals surface area contributed by atoms with Crippen molar-refractivity contribution in [3.05, 3.63) is 0 Å². The number of hydrogen-bond donors (Lipinski definition) is 1. The van der Waals surface area contributed by atoms with E-state index >= 15 is 0 Å². The monoisotopic (exact) mass is 224 g/mol. The Morgan fingerprint density at radius 2 is 1.23 bits per heavy atom. The first-order chi connectivity index (χ1) is 5.45. The summed E-state index contributed by atoms with van der Waals surface area (Å²) in [6.07, 6.45) is 5.86. The maximum absolute atomic E-state index is 3.52. The van der Waals surface area contributed by atoms with Crippen molar-refractivity contribution in [2.45, 2.75) is 43.8 Å². The number of halogens is 2. The van der Waals surface area contributed by atoms with Crippen molar-refractivity contribution >= 4 is 24.8 Å². The summed E-state index contributed by atoms with van der Waals surface area (Å²) in [6, 6.07) is 2.80. The Balaban J connectivity index is 0.000000422. The van der Waals surface area contributed by atoms with E-state index in [1.807, 2.05) is 0 Å². The Morgan fingerprint density at radius 1 is 0.769 bits per heavy atom. The molecule has 3 fully saturated rings. The van der Waals surface area contributed by atoms with Gasteiger partial charge in [-0.2, -0.15) is 0 Å². The number of piperazine rings is 1. The molecule has 78 valence electrons. The number of nitrogens with zero attached hydrogens (tertiary/aromatic N) is 1. The molecule has 13 heavy (non-hydrogen) atoms. The third kappa shape index (κ3) is 1.96. The zero-order chi connectivity index (χ0) is 7.26. The lowest BCUT2D eigenvalue weighted by Gasteiger charge is -2.35. The predicted molar refractivity (Wildman–Crippen MR) is 59.0 cm³/mol. The lowest BCUT2D eigenvalue weighted by atomic mass is 10.2. The molecule has 2 saturated heterocycles. The fourth-order valence-corrected chi connectivity index (χ4v) is 2.78. The van der Waals surface area contributed by atoms with Gasteiger partial charge in [-0.15, -0.1) is 24.8 Å². The van der Waals surface area contributed by atoms with E-state index in [9.17, 15) is 0 Å². The molecule has 3 aliphatic rings. The van der Waals surface area contributed by atoms with E-state index in [1.54, 1.807) is 0 Å². The normalized spacial score (nSPS) is 37.8. The highest BCUT2D eigenvalue weighted by molar-refractivity contribution is 5.85. The van der Waals surface area contributed by atoms with Crippen LogP contribution in [0.25, 0.3) is 0 Å². The highest BCUT2D eigenvalue weighted by Crippen LogP contribution is 2.37. The minimum absolute atomic E-state index is 0. The van der Waals surface area contributed by atoms with Crippen molar-refractivity contribution in [2.75, 3.05) is 13.1 Å². The van der Waals surface area contributed by atoms with Crippen LogP contribution in [0, 0.1) is 0 Å². The van der Waals surface area contributed by atoms with E-state index in [2.05, 4.69) is 10.2 Å². The molecule has 0 aromatic rings. The van der Waals surface area contributed by atoms with Crippen LogP contribution in [0.2, 0.25) is 0 Å². The molecule has 1 N–H and O–H groups in total. The molecule has 2 nitrogen and oxygen atoms in total. The second-order valence-corrected chi connectivity index (χ2v) is 4.22. The summed E-state index contributed by atoms with van der Waals surface area (Å²) in [6.45, 7) is 2.51. The smallest absolute Gasteiger partial charge is 0.0227 e. The van der Waals surface area contributed by atoms with Crippen LogP contribution in [0.4, 0.5) is 0 Å². The Labute approximate surface area is 92.3 Å². The highest BCUT2D eigenvalue weighted by atomic mass is 35.5. The average Bonchev–Trinajstić information content (AvgIpc) is 2.81. The predicted octanol–water partition coefficient (Wildman–Crippen LogP) is 1.43. The summed E-state index contributed by atoms with van der Waals surface area (Å²) < 4.78 is 0. The molecule has 0 radical (unpaired) electrons. The molecule has 2 atom stereocenters. The van der Waals surface area contributed by atoms with Gasteiger partial charge in [0.25, 0.3) is 0 Å². The number of nitrogens with one attached hydrogen (secondary N) is 1. The van der Waals surface area contributed by atoms with E-state index in [4.69, 9.17) is 0 Å². The standard InChI is InChI=1S/C9H16N2.2ClH/c1-2-7(1)11-8-3-4-9(11)6-10-5-8;;/h7-10H,1-6H2;2*1H. The molecule has 3 rings (SSSR count). The summed E-state index contributed by atoms with van der Waals surface area (Å²) in [5, 5.41) is 3.52. The van der Waals surface area contributed by atoms with Crippen molar-refractivity contribution in [1.82, 2.24) is 10.2 Å². The minimum Gasteiger partial charge on any atom is -0.314 e. The van der Waals surface area contributed by atoms with E-state index in [-0.39, 0.29) is 24.8 Å². The second-order valence-electron chi connectivity index (χ2n) is 4.22. The first-order valence-electron chi connectivity index (χ1n) is 4.93. The van der Waals surface area contributed by atoms with Gasteiger partial charge in [0.15, 0.2) is 0 Å². The SMILES string of the molecule is C1CC1N1C2CCC1CNC2.Cl.Cl. The molecule has 0 amide bonds. The van der Waals surface area contributed by atoms with E-state index in [1.165, 1.54) is 38.8 Å². The van der Waals surface area contributed by atoms with E-state index in [0.29, 0.717) is 0 Å². The maximum atomic E-state index is 3.52. The lowest BCUT2D eigenvalue weighted by Crippen LogP contribution is -2.52. The molecule has 4 heteroatoms. The molecule has 0 spiro atoms. The van der Waals surface area contributed by atoms with Crippen LogP contribution in [0.1, 0.15) is 25.7 Å². The number of rotatable bonds is 1. The van der Waals surface area contributed by atoms with Gasteiger partial charge < -0.3 is 5.32 Å². The van der Waals surface area contributed by atoms with Gasteiger partial charge in [0.05, 0.1) is 0 Å². The largest absolute Gasteiger partial charge is 0.314 e. The van der Waals surface area contributed by atoms with Gasteiger partial charge in [0.1, 0.15) is 0 Å². The van der Waals surface area contributed by atoms with Gasteiger partial charge in [-0.3, -0.25) is 4.90 Å². The fraction of sp³-hybridized carbons (Fsp3) is 1.00. The van der Waals surface area contributed by atoms with E-state index < -0.39 is 0 Å². The van der Waals surface area contributed by atoms with Crippen LogP contribution in [-0.2, 0) is 0 Å². The van der Waals surface area contributed by atoms with Gasteiger partial charge in [-0.1, -0.05) is 0 Å². The van der Waals surface area contributed by atoms with Crippen LogP contribution in [-0.4, -0.2) is 36.1 Å². The highest BCUT2D eigenvalue weighted by Gasteiger charge is 2.44. The van der Waals surface area contributed by atoms with Crippen LogP contribution in [0.15, 0.2) is 0 Å². The first kappa shape index (κ1) is 11.6. The summed E-state index contributed by atoms with van der Waals surface area (Å²) in [5.41, 5.74) is 0. The molecular formula is C9H18Cl2N2. The summed E-state index contributed by atoms with van der Waals surface area (Å²) >= 11 is 0. The first-order valence-corrected chi connectivity index (χ1v) is 4.93. The van der Waals surface area contributed by atoms with Crippen LogP contribution >= 0.6 is 24.8 Å². The zero-order valence-corrected chi connectivity index (χ0v) is 9.37. The van der Waals surface area contributed by atoms with Crippen molar-refractivity contribution in [3.8, 4) is 0 Å². The Kier molecular flexibility index (Phi) is 3.87. The lowest BCUT2D eigenvalue weighted by molar-refractivity contribution is 0.144. The Morgan fingerprint density at radius 3 is 1.69 bits per heavy atom. The molecule has 1 saturated carbocycles. The fourth-order valence-electron chi connectivity index (χ4n) is 2.78. The van der Waals surface area contributed by atoms with Crippen molar-refractivity contribution in [3.63, 3.8) is 0 Å². The van der Waals surface area contributed by atoms with Gasteiger partial charge in [0, 0.05) is 31.2 Å². The van der Waals surface area contributed by atoms with Gasteiger partial charge in [0.2, 0.25) is 0 Å². The van der Waals surface area contributed by atoms with Crippen molar-refractivity contribution in [2.24, 2.45) is 0 Å². The molecule has 2 aliphatic heterocycles. The van der Waals surface area contributed by atoms with Crippen LogP contribution < -0.4 is 5.32 Å². The molecule has 0 aromatic heterocycles. The van der Waals surface area contributed by atoms with Gasteiger partial charge in [-0.05, 0) is 25.7 Å². The molecule has 2 unspecified atom stereocenters. The number of hydrogen-bond acceptors (Lipinski definition) is 2. The minimum atomic E-state index is 0. The van der Waals surface area contributed by atoms with Crippen molar-refractivity contribution in [1.29, 1.82) is 0 Å². The van der Waals surface area contributed by atoms with Crippen LogP contribution in [0.5, 0.6) is 0 Å². The molecule has 2 bridgehead atoms. The topological polar surface area (TPSA) is 15.3 Å². The summed E-state index contributed by atoms with van der Waals surface area (Å²) in [7, 11) is 0. The molecule has 0 aromatic carbocycles. The average molecular weight is 225 g/mol. The Hall–Kier alpha value is 0.500. The zero-order valence-electron chi connectivity index (χ0n) is 7.74. The maximum Gasteiger partial charge on any atom is 0.0227 e. The second kappa shape index (κ2) is 4.35. The third-order valence-electron chi connectivity index (χ3n) is 3.40. The van der Waals surface area contributed by atoms with Crippen LogP contribution in [0.3, 0.4) is 0 Å². The molecule has 1 aliphatic carbocycles. The number of fused-ring (bicyclic) bond motifs is 2. The summed E-state index contributed by atoms with van der Waals surface area (Å²) in [5.74, 6) is 0. The third-order valence-corrected chi connectivity index (χ3v) is 3.40. The summed E-state index contributed by atoms with van der Waals surface area (Å²) in [4.78, 5) is 2.80. The quantitative estimate of drug-likeness (QED) is 0.726. The van der Waals surface area contributed by atoms with E-state index in [0.717, 1.165) is 18.1 Å².